The molecule has 63 heavy (non-hydrogen) atoms. The predicted octanol–water partition coefficient (Wildman–Crippen LogP) is 13.8. The molecule has 0 unspecified atom stereocenters. The van der Waals surface area contributed by atoms with Gasteiger partial charge in [-0.1, -0.05) is 146 Å². The molecule has 13 rings (SSSR count). The highest BCUT2D eigenvalue weighted by Gasteiger charge is 2.30. The molecule has 0 aliphatic rings. The Bertz CT molecular complexity index is 3780. The largest absolute Gasteiger partial charge is 0.336 e. The molecule has 9 nitrogen and oxygen atoms in total. The molecule has 0 atom stereocenters. The Morgan fingerprint density at radius 2 is 0.540 bits per heavy atom. The van der Waals surface area contributed by atoms with E-state index in [-0.39, 0.29) is 0 Å². The number of hydrogen-bond donors (Lipinski definition) is 0. The first kappa shape index (κ1) is 35.0. The van der Waals surface area contributed by atoms with Crippen molar-refractivity contribution in [2.75, 3.05) is 0 Å². The quantitative estimate of drug-likeness (QED) is 0.151. The van der Waals surface area contributed by atoms with Crippen LogP contribution in [0, 0.1) is 0 Å². The zero-order valence-corrected chi connectivity index (χ0v) is 33.2. The molecule has 0 saturated heterocycles. The van der Waals surface area contributed by atoms with Crippen LogP contribution in [-0.4, -0.2) is 31.1 Å². The van der Waals surface area contributed by atoms with E-state index < -0.39 is 0 Å². The second-order valence-electron chi connectivity index (χ2n) is 15.8. The summed E-state index contributed by atoms with van der Waals surface area (Å²) in [5.74, 6) is 1.49. The minimum absolute atomic E-state index is 0.480. The maximum absolute atomic E-state index is 6.22. The summed E-state index contributed by atoms with van der Waals surface area (Å²) < 4.78 is 18.5. The van der Waals surface area contributed by atoms with Gasteiger partial charge in [0.05, 0.1) is 0 Å². The highest BCUT2D eigenvalue weighted by Crippen LogP contribution is 2.48. The summed E-state index contributed by atoms with van der Waals surface area (Å²) in [5.41, 5.74) is 6.05. The fourth-order valence-electron chi connectivity index (χ4n) is 9.31. The van der Waals surface area contributed by atoms with Gasteiger partial charge in [-0.05, 0) is 101 Å². The summed E-state index contributed by atoms with van der Waals surface area (Å²) in [6, 6.07) is 62.6. The predicted molar refractivity (Wildman–Crippen MR) is 248 cm³/mol. The average Bonchev–Trinajstić information content (AvgIpc) is 4.14. The fourth-order valence-corrected chi connectivity index (χ4v) is 9.31. The van der Waals surface area contributed by atoms with Gasteiger partial charge >= 0.3 is 0 Å². The third kappa shape index (κ3) is 5.57. The number of hydrogen-bond acceptors (Lipinski definition) is 9. The lowest BCUT2D eigenvalue weighted by molar-refractivity contribution is 0.404. The Morgan fingerprint density at radius 1 is 0.254 bits per heavy atom. The van der Waals surface area contributed by atoms with E-state index in [1.807, 2.05) is 72.8 Å². The average molecular weight is 811 g/mol. The zero-order valence-electron chi connectivity index (χ0n) is 33.2. The Hall–Kier alpha value is -8.82. The molecule has 0 spiro atoms. The molecule has 0 aliphatic carbocycles. The van der Waals surface area contributed by atoms with Crippen LogP contribution in [-0.2, 0) is 0 Å². The van der Waals surface area contributed by atoms with Crippen LogP contribution in [0.2, 0.25) is 0 Å². The maximum Gasteiger partial charge on any atom is 0.195 e. The van der Waals surface area contributed by atoms with Crippen LogP contribution in [0.4, 0.5) is 0 Å². The van der Waals surface area contributed by atoms with Gasteiger partial charge in [-0.3, -0.25) is 0 Å². The Balaban J connectivity index is 1.08. The molecule has 0 radical (unpaired) electrons. The van der Waals surface area contributed by atoms with Crippen molar-refractivity contribution in [2.24, 2.45) is 0 Å². The first-order chi connectivity index (χ1) is 31.2. The molecule has 0 N–H and O–H groups in total. The second kappa shape index (κ2) is 13.9. The topological polar surface area (TPSA) is 117 Å². The minimum Gasteiger partial charge on any atom is -0.336 e. The molecular formula is C54H30N6O3. The molecule has 294 valence electrons. The van der Waals surface area contributed by atoms with Crippen LogP contribution in [0.5, 0.6) is 0 Å². The lowest BCUT2D eigenvalue weighted by atomic mass is 9.88. The molecule has 0 bridgehead atoms. The van der Waals surface area contributed by atoms with Crippen LogP contribution in [0.1, 0.15) is 0 Å². The molecule has 0 saturated carbocycles. The number of nitrogens with zero attached hydrogens (tertiary/aromatic N) is 6. The lowest BCUT2D eigenvalue weighted by Gasteiger charge is -2.14. The summed E-state index contributed by atoms with van der Waals surface area (Å²) in [6.45, 7) is 0. The van der Waals surface area contributed by atoms with Gasteiger partial charge in [0.1, 0.15) is 17.1 Å². The number of fused-ring (bicyclic) bond motifs is 6. The van der Waals surface area contributed by atoms with Gasteiger partial charge in [0, 0.05) is 49.2 Å². The Labute approximate surface area is 357 Å². The Morgan fingerprint density at radius 3 is 0.921 bits per heavy atom. The van der Waals surface area contributed by atoms with Crippen molar-refractivity contribution in [1.29, 1.82) is 0 Å². The summed E-state index contributed by atoms with van der Waals surface area (Å²) in [6.07, 6.45) is 0. The van der Waals surface area contributed by atoms with Crippen molar-refractivity contribution in [3.05, 3.63) is 182 Å². The molecule has 10 aromatic carbocycles. The van der Waals surface area contributed by atoms with Gasteiger partial charge in [0.2, 0.25) is 0 Å². The first-order valence-corrected chi connectivity index (χ1v) is 20.6. The maximum atomic E-state index is 6.22. The van der Waals surface area contributed by atoms with E-state index in [1.165, 1.54) is 0 Å². The van der Waals surface area contributed by atoms with E-state index >= 15 is 0 Å². The number of rotatable bonds is 6. The number of aromatic nitrogens is 6. The zero-order chi connectivity index (χ0) is 41.4. The van der Waals surface area contributed by atoms with Gasteiger partial charge in [-0.25, -0.2) is 0 Å². The SMILES string of the molecule is c1cc(-c2nnoc2-c2cccc3cc4ccccc4cc23)c(-c2nnoc2-c2cccc3cc4ccccc4cc23)c(-c2nnoc2-c2cccc3cc4ccccc4cc23)c1. The monoisotopic (exact) mass is 810 g/mol. The molecular weight excluding hydrogens is 781 g/mol. The van der Waals surface area contributed by atoms with Crippen molar-refractivity contribution < 1.29 is 13.6 Å². The normalized spacial score (nSPS) is 11.8. The van der Waals surface area contributed by atoms with Crippen LogP contribution in [0.15, 0.2) is 196 Å². The van der Waals surface area contributed by atoms with Crippen LogP contribution in [0.3, 0.4) is 0 Å². The molecule has 0 aliphatic heterocycles. The summed E-state index contributed by atoms with van der Waals surface area (Å²) in [4.78, 5) is 0. The van der Waals surface area contributed by atoms with Crippen molar-refractivity contribution in [2.45, 2.75) is 0 Å². The van der Waals surface area contributed by atoms with Crippen molar-refractivity contribution in [1.82, 2.24) is 31.1 Å². The highest BCUT2D eigenvalue weighted by atomic mass is 16.5. The van der Waals surface area contributed by atoms with Crippen LogP contribution < -0.4 is 0 Å². The van der Waals surface area contributed by atoms with Crippen molar-refractivity contribution >= 4 is 64.6 Å². The highest BCUT2D eigenvalue weighted by molar-refractivity contribution is 6.11. The van der Waals surface area contributed by atoms with E-state index in [0.717, 1.165) is 81.3 Å². The minimum atomic E-state index is 0.480. The van der Waals surface area contributed by atoms with Gasteiger partial charge in [-0.15, -0.1) is 15.3 Å². The van der Waals surface area contributed by atoms with Gasteiger partial charge < -0.3 is 13.6 Å². The van der Waals surface area contributed by atoms with E-state index in [2.05, 4.69) is 125 Å². The van der Waals surface area contributed by atoms with E-state index in [1.54, 1.807) is 0 Å². The van der Waals surface area contributed by atoms with Crippen LogP contribution >= 0.6 is 0 Å². The van der Waals surface area contributed by atoms with E-state index in [9.17, 15) is 0 Å². The fraction of sp³-hybridized carbons (Fsp3) is 0. The summed E-state index contributed by atoms with van der Waals surface area (Å²) in [5, 5.41) is 39.8. The van der Waals surface area contributed by atoms with E-state index in [4.69, 9.17) is 28.9 Å². The molecule has 13 aromatic rings. The third-order valence-corrected chi connectivity index (χ3v) is 12.2. The first-order valence-electron chi connectivity index (χ1n) is 20.6. The van der Waals surface area contributed by atoms with Crippen molar-refractivity contribution in [3.8, 4) is 67.7 Å². The smallest absolute Gasteiger partial charge is 0.195 e. The second-order valence-corrected chi connectivity index (χ2v) is 15.8. The van der Waals surface area contributed by atoms with E-state index in [0.29, 0.717) is 51.1 Å². The lowest BCUT2D eigenvalue weighted by Crippen LogP contribution is -1.96. The van der Waals surface area contributed by atoms with Crippen LogP contribution in [0.25, 0.3) is 132 Å². The molecule has 0 amide bonds. The molecule has 0 fully saturated rings. The van der Waals surface area contributed by atoms with Gasteiger partial charge in [0.15, 0.2) is 17.3 Å². The van der Waals surface area contributed by atoms with Gasteiger partial charge in [-0.2, -0.15) is 0 Å². The summed E-state index contributed by atoms with van der Waals surface area (Å²) >= 11 is 0. The molecule has 3 heterocycles. The van der Waals surface area contributed by atoms with Crippen molar-refractivity contribution in [3.63, 3.8) is 0 Å². The molecule has 9 heteroatoms. The number of benzene rings is 10. The standard InChI is InChI=1S/C54H30N6O3/c1-4-14-34-28-45-37(25-31(34)11-1)17-7-20-40(45)52-49(55-58-61-52)43-23-10-24-44(50-53(62-59-56-50)41-21-8-18-38-26-32-12-2-5-15-35(32)29-46(38)41)48(43)51-54(63-60-57-51)42-22-9-19-39-27-33-13-3-6-16-36(33)30-47(39)42/h1-30H. The summed E-state index contributed by atoms with van der Waals surface area (Å²) in [7, 11) is 0. The molecule has 3 aromatic heterocycles. The third-order valence-electron chi connectivity index (χ3n) is 12.2. The van der Waals surface area contributed by atoms with Gasteiger partial charge in [0.25, 0.3) is 0 Å². The Kier molecular flexibility index (Phi) is 7.70.